The van der Waals surface area contributed by atoms with E-state index in [1.165, 1.54) is 36.9 Å². The van der Waals surface area contributed by atoms with E-state index in [4.69, 9.17) is 0 Å². The molecule has 0 saturated carbocycles. The van der Waals surface area contributed by atoms with E-state index in [9.17, 15) is 0 Å². The van der Waals surface area contributed by atoms with Gasteiger partial charge in [0.15, 0.2) is 0 Å². The molecule has 0 fully saturated rings. The van der Waals surface area contributed by atoms with E-state index >= 15 is 0 Å². The molecular formula is C36H26IrN2S-2. The Bertz CT molecular complexity index is 1830. The molecule has 0 amide bonds. The molecule has 0 bridgehead atoms. The van der Waals surface area contributed by atoms with Crippen molar-refractivity contribution in [3.8, 4) is 33.6 Å². The zero-order valence-electron chi connectivity index (χ0n) is 22.0. The van der Waals surface area contributed by atoms with Crippen molar-refractivity contribution in [2.45, 2.75) is 13.3 Å². The molecule has 4 heteroatoms. The number of aryl methyl sites for hydroxylation is 1. The molecule has 0 spiro atoms. The van der Waals surface area contributed by atoms with Gasteiger partial charge < -0.3 is 9.97 Å². The van der Waals surface area contributed by atoms with Crippen LogP contribution in [-0.2, 0) is 26.5 Å². The molecular weight excluding hydrogens is 685 g/mol. The first-order valence-electron chi connectivity index (χ1n) is 13.1. The summed E-state index contributed by atoms with van der Waals surface area (Å²) >= 11 is 1.81. The van der Waals surface area contributed by atoms with Crippen LogP contribution in [0.3, 0.4) is 0 Å². The molecule has 0 unspecified atom stereocenters. The fourth-order valence-corrected chi connectivity index (χ4v) is 5.97. The average Bonchev–Trinajstić information content (AvgIpc) is 3.41. The van der Waals surface area contributed by atoms with Gasteiger partial charge in [0, 0.05) is 42.8 Å². The van der Waals surface area contributed by atoms with Crippen LogP contribution in [-0.4, -0.2) is 9.97 Å². The first-order valence-corrected chi connectivity index (χ1v) is 13.9. The Morgan fingerprint density at radius 1 is 0.700 bits per heavy atom. The number of fused-ring (bicyclic) bond motifs is 3. The summed E-state index contributed by atoms with van der Waals surface area (Å²) in [5.74, 6) is 0. The Labute approximate surface area is 252 Å². The van der Waals surface area contributed by atoms with Crippen LogP contribution in [0.15, 0.2) is 128 Å². The molecule has 0 saturated heterocycles. The van der Waals surface area contributed by atoms with Crippen molar-refractivity contribution in [2.75, 3.05) is 0 Å². The zero-order valence-corrected chi connectivity index (χ0v) is 25.2. The minimum absolute atomic E-state index is 0. The molecule has 1 radical (unpaired) electrons. The van der Waals surface area contributed by atoms with E-state index in [2.05, 4.69) is 89.7 Å². The van der Waals surface area contributed by atoms with Gasteiger partial charge in [-0.05, 0) is 51.2 Å². The third kappa shape index (κ3) is 5.80. The van der Waals surface area contributed by atoms with Crippen LogP contribution in [0.2, 0.25) is 0 Å². The number of pyridine rings is 2. The second-order valence-electron chi connectivity index (χ2n) is 9.13. The topological polar surface area (TPSA) is 25.8 Å². The number of aromatic nitrogens is 2. The second kappa shape index (κ2) is 12.9. The van der Waals surface area contributed by atoms with Crippen LogP contribution in [0.4, 0.5) is 0 Å². The quantitative estimate of drug-likeness (QED) is 0.170. The minimum atomic E-state index is 0. The van der Waals surface area contributed by atoms with Crippen LogP contribution in [0.1, 0.15) is 12.5 Å². The summed E-state index contributed by atoms with van der Waals surface area (Å²) in [6, 6.07) is 45.8. The first-order chi connectivity index (χ1) is 19.3. The number of rotatable bonds is 4. The molecule has 40 heavy (non-hydrogen) atoms. The standard InChI is InChI=1S/C19H16N.C17H10NS.Ir/c1-2-15-13-19(17-11-7-4-8-12-17)20-14-18(15)16-9-5-3-6-10-16;1-2-10-16-12(6-1)13-7-5-8-14(17(13)19-16)15-9-3-4-11-18-15;/h3-11,13-14H,2H2,1H3;1-7,9-11H;/q2*-1;. The Balaban J connectivity index is 0.000000157. The first kappa shape index (κ1) is 27.6. The normalized spacial score (nSPS) is 10.5. The van der Waals surface area contributed by atoms with Crippen LogP contribution >= 0.6 is 11.3 Å². The van der Waals surface area contributed by atoms with Crippen LogP contribution in [0, 0.1) is 12.1 Å². The monoisotopic (exact) mass is 711 g/mol. The van der Waals surface area contributed by atoms with Gasteiger partial charge in [-0.2, -0.15) is 11.3 Å². The summed E-state index contributed by atoms with van der Waals surface area (Å²) in [5, 5.41) is 2.61. The summed E-state index contributed by atoms with van der Waals surface area (Å²) in [4.78, 5) is 9.05. The zero-order chi connectivity index (χ0) is 26.4. The molecule has 3 heterocycles. The van der Waals surface area contributed by atoms with Gasteiger partial charge in [0.1, 0.15) is 0 Å². The number of nitrogens with zero attached hydrogens (tertiary/aromatic N) is 2. The molecule has 0 aliphatic rings. The van der Waals surface area contributed by atoms with Crippen molar-refractivity contribution in [1.82, 2.24) is 9.97 Å². The maximum absolute atomic E-state index is 4.60. The van der Waals surface area contributed by atoms with Gasteiger partial charge in [-0.25, -0.2) is 0 Å². The summed E-state index contributed by atoms with van der Waals surface area (Å²) < 4.78 is 2.58. The maximum atomic E-state index is 4.60. The number of hydrogen-bond donors (Lipinski definition) is 0. The fraction of sp³-hybridized carbons (Fsp3) is 0.0556. The fourth-order valence-electron chi connectivity index (χ4n) is 4.76. The Morgan fingerprint density at radius 2 is 1.50 bits per heavy atom. The average molecular weight is 711 g/mol. The molecule has 7 rings (SSSR count). The van der Waals surface area contributed by atoms with Crippen LogP contribution in [0.25, 0.3) is 53.8 Å². The van der Waals surface area contributed by atoms with Gasteiger partial charge in [0.25, 0.3) is 0 Å². The predicted molar refractivity (Wildman–Crippen MR) is 165 cm³/mol. The van der Waals surface area contributed by atoms with E-state index in [1.807, 2.05) is 78.3 Å². The van der Waals surface area contributed by atoms with Crippen molar-refractivity contribution >= 4 is 31.5 Å². The van der Waals surface area contributed by atoms with E-state index in [0.29, 0.717) is 0 Å². The van der Waals surface area contributed by atoms with Crippen molar-refractivity contribution < 1.29 is 20.1 Å². The van der Waals surface area contributed by atoms with Gasteiger partial charge in [-0.3, -0.25) is 0 Å². The van der Waals surface area contributed by atoms with Gasteiger partial charge in [0.05, 0.1) is 0 Å². The van der Waals surface area contributed by atoms with Gasteiger partial charge in [-0.15, -0.1) is 59.7 Å². The summed E-state index contributed by atoms with van der Waals surface area (Å²) in [6.07, 6.45) is 4.80. The predicted octanol–water partition coefficient (Wildman–Crippen LogP) is 9.69. The Hall–Kier alpha value is -3.95. The SMILES string of the molecule is CCc1cc(-c2[c-]cccc2)ncc1-c1ccccc1.[Ir].[c-]1ccc2c(sc3ccccc32)c1-c1ccccn1. The smallest absolute Gasteiger partial charge is 0.0242 e. The molecule has 4 aromatic carbocycles. The molecule has 0 N–H and O–H groups in total. The summed E-state index contributed by atoms with van der Waals surface area (Å²) in [7, 11) is 0. The van der Waals surface area contributed by atoms with E-state index < -0.39 is 0 Å². The summed E-state index contributed by atoms with van der Waals surface area (Å²) in [6.45, 7) is 2.18. The van der Waals surface area contributed by atoms with Crippen molar-refractivity contribution in [2.24, 2.45) is 0 Å². The minimum Gasteiger partial charge on any atom is -0.305 e. The van der Waals surface area contributed by atoms with E-state index in [1.54, 1.807) is 0 Å². The van der Waals surface area contributed by atoms with E-state index in [-0.39, 0.29) is 20.1 Å². The summed E-state index contributed by atoms with van der Waals surface area (Å²) in [5.41, 5.74) is 7.87. The molecule has 197 valence electrons. The third-order valence-electron chi connectivity index (χ3n) is 6.70. The van der Waals surface area contributed by atoms with Gasteiger partial charge in [-0.1, -0.05) is 79.0 Å². The van der Waals surface area contributed by atoms with Crippen LogP contribution in [0.5, 0.6) is 0 Å². The molecule has 7 aromatic rings. The number of thiophene rings is 1. The van der Waals surface area contributed by atoms with E-state index in [0.717, 1.165) is 28.9 Å². The second-order valence-corrected chi connectivity index (χ2v) is 10.2. The van der Waals surface area contributed by atoms with Crippen molar-refractivity contribution in [3.63, 3.8) is 0 Å². The molecule has 2 nitrogen and oxygen atoms in total. The molecule has 0 atom stereocenters. The van der Waals surface area contributed by atoms with Crippen molar-refractivity contribution in [1.29, 1.82) is 0 Å². The molecule has 3 aromatic heterocycles. The largest absolute Gasteiger partial charge is 0.305 e. The van der Waals surface area contributed by atoms with Gasteiger partial charge >= 0.3 is 0 Å². The third-order valence-corrected chi connectivity index (χ3v) is 7.90. The van der Waals surface area contributed by atoms with Gasteiger partial charge in [0.2, 0.25) is 0 Å². The number of hydrogen-bond acceptors (Lipinski definition) is 3. The number of benzene rings is 4. The molecule has 0 aliphatic carbocycles. The maximum Gasteiger partial charge on any atom is 0.0242 e. The Kier molecular flexibility index (Phi) is 8.93. The molecule has 0 aliphatic heterocycles. The van der Waals surface area contributed by atoms with Crippen molar-refractivity contribution in [3.05, 3.63) is 145 Å². The van der Waals surface area contributed by atoms with Crippen LogP contribution < -0.4 is 0 Å². The Morgan fingerprint density at radius 3 is 2.27 bits per heavy atom.